The first-order chi connectivity index (χ1) is 8.24. The van der Waals surface area contributed by atoms with E-state index in [1.807, 2.05) is 13.8 Å². The molecule has 104 valence electrons. The summed E-state index contributed by atoms with van der Waals surface area (Å²) >= 11 is 0. The molecule has 0 saturated carbocycles. The summed E-state index contributed by atoms with van der Waals surface area (Å²) in [5.41, 5.74) is 11.0. The van der Waals surface area contributed by atoms with Gasteiger partial charge in [-0.1, -0.05) is 0 Å². The zero-order valence-corrected chi connectivity index (χ0v) is 12.2. The van der Waals surface area contributed by atoms with Crippen LogP contribution in [-0.4, -0.2) is 41.7 Å². The lowest BCUT2D eigenvalue weighted by Crippen LogP contribution is -2.46. The highest BCUT2D eigenvalue weighted by atomic mass is 28.4. The molecule has 0 saturated heterocycles. The van der Waals surface area contributed by atoms with Crippen molar-refractivity contribution >= 4 is 8.80 Å². The molecule has 0 aromatic carbocycles. The molecule has 0 aliphatic carbocycles. The molecule has 0 aromatic rings. The number of hydrogen-bond acceptors (Lipinski definition) is 5. The Morgan fingerprint density at radius 3 is 1.88 bits per heavy atom. The maximum absolute atomic E-state index is 5.90. The van der Waals surface area contributed by atoms with Crippen molar-refractivity contribution < 1.29 is 13.3 Å². The highest BCUT2D eigenvalue weighted by molar-refractivity contribution is 6.60. The lowest BCUT2D eigenvalue weighted by Gasteiger charge is -2.28. The van der Waals surface area contributed by atoms with Gasteiger partial charge in [0, 0.05) is 25.9 Å². The van der Waals surface area contributed by atoms with Gasteiger partial charge in [0.05, 0.1) is 0 Å². The molecule has 0 bridgehead atoms. The van der Waals surface area contributed by atoms with E-state index in [2.05, 4.69) is 0 Å². The van der Waals surface area contributed by atoms with Crippen molar-refractivity contribution in [3.8, 4) is 0 Å². The third-order valence-corrected chi connectivity index (χ3v) is 5.40. The molecular weight excluding hydrogens is 236 g/mol. The summed E-state index contributed by atoms with van der Waals surface area (Å²) in [6.07, 6.45) is 2.80. The molecule has 0 unspecified atom stereocenters. The monoisotopic (exact) mass is 264 g/mol. The van der Waals surface area contributed by atoms with Crippen LogP contribution in [0.2, 0.25) is 6.04 Å². The maximum Gasteiger partial charge on any atom is 0.500 e. The Labute approximate surface area is 106 Å². The van der Waals surface area contributed by atoms with Crippen LogP contribution in [0.3, 0.4) is 0 Å². The maximum atomic E-state index is 5.90. The minimum absolute atomic E-state index is 0.619. The standard InChI is InChI=1S/C11H28N2O3Si/c1-3-14-17(15-4-2,11-7-9-13)16-10-6-5-8-12/h3-13H2,1-2H3. The van der Waals surface area contributed by atoms with E-state index >= 15 is 0 Å². The summed E-state index contributed by atoms with van der Waals surface area (Å²) in [7, 11) is -2.49. The molecule has 0 rings (SSSR count). The van der Waals surface area contributed by atoms with Gasteiger partial charge >= 0.3 is 8.80 Å². The van der Waals surface area contributed by atoms with E-state index in [9.17, 15) is 0 Å². The van der Waals surface area contributed by atoms with Gasteiger partial charge in [0.2, 0.25) is 0 Å². The summed E-state index contributed by atoms with van der Waals surface area (Å²) in [4.78, 5) is 0. The fraction of sp³-hybridized carbons (Fsp3) is 1.00. The minimum Gasteiger partial charge on any atom is -0.374 e. The van der Waals surface area contributed by atoms with Crippen LogP contribution in [0.25, 0.3) is 0 Å². The normalized spacial score (nSPS) is 12.0. The molecule has 0 aliphatic heterocycles. The zero-order valence-electron chi connectivity index (χ0n) is 11.2. The molecular formula is C11H28N2O3Si. The highest BCUT2D eigenvalue weighted by Gasteiger charge is 2.39. The fourth-order valence-electron chi connectivity index (χ4n) is 1.57. The van der Waals surface area contributed by atoms with Crippen molar-refractivity contribution in [1.29, 1.82) is 0 Å². The average molecular weight is 264 g/mol. The smallest absolute Gasteiger partial charge is 0.374 e. The minimum atomic E-state index is -2.49. The Bertz CT molecular complexity index is 167. The SMILES string of the molecule is CCO[Si](CCCN)(OCC)OCCCCN. The number of unbranched alkanes of at least 4 members (excludes halogenated alkanes) is 1. The predicted molar refractivity (Wildman–Crippen MR) is 71.7 cm³/mol. The van der Waals surface area contributed by atoms with Gasteiger partial charge in [-0.2, -0.15) is 0 Å². The molecule has 6 heteroatoms. The van der Waals surface area contributed by atoms with Crippen molar-refractivity contribution in [3.05, 3.63) is 0 Å². The first kappa shape index (κ1) is 17.0. The predicted octanol–water partition coefficient (Wildman–Crippen LogP) is 1.10. The number of hydrogen-bond donors (Lipinski definition) is 2. The molecule has 0 spiro atoms. The second-order valence-electron chi connectivity index (χ2n) is 3.79. The number of rotatable bonds is 12. The van der Waals surface area contributed by atoms with Crippen LogP contribution < -0.4 is 11.5 Å². The lowest BCUT2D eigenvalue weighted by atomic mass is 10.3. The molecule has 0 radical (unpaired) electrons. The van der Waals surface area contributed by atoms with Gasteiger partial charge in [0.15, 0.2) is 0 Å². The van der Waals surface area contributed by atoms with Crippen LogP contribution in [0.4, 0.5) is 0 Å². The lowest BCUT2D eigenvalue weighted by molar-refractivity contribution is 0.0656. The Kier molecular flexibility index (Phi) is 11.1. The van der Waals surface area contributed by atoms with E-state index in [-0.39, 0.29) is 0 Å². The fourth-order valence-corrected chi connectivity index (χ4v) is 4.23. The van der Waals surface area contributed by atoms with Crippen molar-refractivity contribution in [3.63, 3.8) is 0 Å². The molecule has 0 aromatic heterocycles. The summed E-state index contributed by atoms with van der Waals surface area (Å²) in [6.45, 7) is 7.17. The van der Waals surface area contributed by atoms with E-state index in [0.717, 1.165) is 25.3 Å². The first-order valence-electron chi connectivity index (χ1n) is 6.56. The van der Waals surface area contributed by atoms with E-state index < -0.39 is 8.80 Å². The number of nitrogens with two attached hydrogens (primary N) is 2. The summed E-state index contributed by atoms with van der Waals surface area (Å²) in [5.74, 6) is 0. The quantitative estimate of drug-likeness (QED) is 0.407. The average Bonchev–Trinajstić information content (AvgIpc) is 2.33. The Morgan fingerprint density at radius 1 is 0.824 bits per heavy atom. The third kappa shape index (κ3) is 7.85. The second-order valence-corrected chi connectivity index (χ2v) is 6.52. The highest BCUT2D eigenvalue weighted by Crippen LogP contribution is 2.18. The van der Waals surface area contributed by atoms with Gasteiger partial charge in [-0.3, -0.25) is 0 Å². The zero-order chi connectivity index (χ0) is 13.0. The van der Waals surface area contributed by atoms with Gasteiger partial charge in [0.25, 0.3) is 0 Å². The van der Waals surface area contributed by atoms with E-state index in [1.54, 1.807) is 0 Å². The molecule has 0 fully saturated rings. The second kappa shape index (κ2) is 11.1. The van der Waals surface area contributed by atoms with E-state index in [4.69, 9.17) is 24.7 Å². The third-order valence-electron chi connectivity index (χ3n) is 2.34. The van der Waals surface area contributed by atoms with Gasteiger partial charge in [-0.25, -0.2) is 0 Å². The van der Waals surface area contributed by atoms with Gasteiger partial charge < -0.3 is 24.7 Å². The Hall–Kier alpha value is 0.0169. The van der Waals surface area contributed by atoms with Crippen LogP contribution in [0, 0.1) is 0 Å². The molecule has 0 heterocycles. The van der Waals surface area contributed by atoms with Crippen LogP contribution in [0.1, 0.15) is 33.1 Å². The first-order valence-corrected chi connectivity index (χ1v) is 8.49. The molecule has 5 nitrogen and oxygen atoms in total. The molecule has 0 atom stereocenters. The van der Waals surface area contributed by atoms with Crippen molar-refractivity contribution in [2.24, 2.45) is 11.5 Å². The van der Waals surface area contributed by atoms with Crippen LogP contribution in [0.5, 0.6) is 0 Å². The largest absolute Gasteiger partial charge is 0.500 e. The van der Waals surface area contributed by atoms with E-state index in [1.165, 1.54) is 0 Å². The van der Waals surface area contributed by atoms with Gasteiger partial charge in [0.1, 0.15) is 0 Å². The topological polar surface area (TPSA) is 79.7 Å². The Balaban J connectivity index is 4.20. The molecule has 4 N–H and O–H groups in total. The summed E-state index contributed by atoms with van der Waals surface area (Å²) < 4.78 is 17.4. The van der Waals surface area contributed by atoms with Crippen molar-refractivity contribution in [2.75, 3.05) is 32.9 Å². The van der Waals surface area contributed by atoms with E-state index in [0.29, 0.717) is 32.9 Å². The molecule has 0 aliphatic rings. The summed E-state index contributed by atoms with van der Waals surface area (Å²) in [5, 5.41) is 0. The van der Waals surface area contributed by atoms with Gasteiger partial charge in [-0.05, 0) is 46.2 Å². The molecule has 17 heavy (non-hydrogen) atoms. The Morgan fingerprint density at radius 2 is 1.41 bits per heavy atom. The summed E-state index contributed by atoms with van der Waals surface area (Å²) in [6, 6.07) is 0.799. The van der Waals surface area contributed by atoms with Gasteiger partial charge in [-0.15, -0.1) is 0 Å². The van der Waals surface area contributed by atoms with Crippen LogP contribution in [-0.2, 0) is 13.3 Å². The van der Waals surface area contributed by atoms with Crippen molar-refractivity contribution in [1.82, 2.24) is 0 Å². The van der Waals surface area contributed by atoms with Crippen LogP contribution in [0.15, 0.2) is 0 Å². The van der Waals surface area contributed by atoms with Crippen LogP contribution >= 0.6 is 0 Å². The van der Waals surface area contributed by atoms with Crippen molar-refractivity contribution in [2.45, 2.75) is 39.2 Å². The molecule has 0 amide bonds.